The Balaban J connectivity index is 2.03. The Morgan fingerprint density at radius 3 is 2.67 bits per heavy atom. The molecule has 21 heavy (non-hydrogen) atoms. The number of nitrogens with one attached hydrogen (secondary N) is 1. The van der Waals surface area contributed by atoms with Crippen LogP contribution < -0.4 is 10.1 Å². The maximum atomic E-state index is 13.4. The number of rotatable bonds is 6. The summed E-state index contributed by atoms with van der Waals surface area (Å²) in [5, 5.41) is 3.40. The van der Waals surface area contributed by atoms with Crippen molar-refractivity contribution in [3.63, 3.8) is 0 Å². The van der Waals surface area contributed by atoms with Crippen LogP contribution in [-0.2, 0) is 6.54 Å². The van der Waals surface area contributed by atoms with Gasteiger partial charge in [-0.05, 0) is 35.7 Å². The van der Waals surface area contributed by atoms with E-state index in [9.17, 15) is 4.39 Å². The largest absolute Gasteiger partial charge is 0.491 e. The van der Waals surface area contributed by atoms with Crippen molar-refractivity contribution in [2.45, 2.75) is 20.4 Å². The summed E-state index contributed by atoms with van der Waals surface area (Å²) in [6.45, 7) is 5.38. The van der Waals surface area contributed by atoms with Crippen molar-refractivity contribution >= 4 is 17.3 Å². The van der Waals surface area contributed by atoms with Gasteiger partial charge in [0.05, 0.1) is 17.3 Å². The van der Waals surface area contributed by atoms with E-state index in [4.69, 9.17) is 16.3 Å². The van der Waals surface area contributed by atoms with Gasteiger partial charge < -0.3 is 10.1 Å². The van der Waals surface area contributed by atoms with Crippen LogP contribution in [0, 0.1) is 11.7 Å². The molecular formula is C17H19ClFNO. The molecule has 0 bridgehead atoms. The van der Waals surface area contributed by atoms with Crippen molar-refractivity contribution in [3.05, 3.63) is 58.9 Å². The average Bonchev–Trinajstić information content (AvgIpc) is 2.47. The molecule has 0 spiro atoms. The summed E-state index contributed by atoms with van der Waals surface area (Å²) in [5.41, 5.74) is 1.73. The Hall–Kier alpha value is -1.74. The molecule has 0 aliphatic rings. The van der Waals surface area contributed by atoms with Crippen LogP contribution in [0.4, 0.5) is 10.1 Å². The lowest BCUT2D eigenvalue weighted by molar-refractivity contribution is 0.272. The Kier molecular flexibility index (Phi) is 5.45. The molecule has 1 N–H and O–H groups in total. The second kappa shape index (κ2) is 7.32. The number of ether oxygens (including phenoxy) is 1. The molecule has 0 unspecified atom stereocenters. The molecule has 0 aromatic heterocycles. The molecule has 2 aromatic carbocycles. The van der Waals surface area contributed by atoms with Gasteiger partial charge in [0.15, 0.2) is 0 Å². The zero-order valence-corrected chi connectivity index (χ0v) is 13.0. The minimum absolute atomic E-state index is 0.138. The predicted molar refractivity (Wildman–Crippen MR) is 85.5 cm³/mol. The second-order valence-electron chi connectivity index (χ2n) is 5.30. The van der Waals surface area contributed by atoms with E-state index >= 15 is 0 Å². The van der Waals surface area contributed by atoms with E-state index in [0.717, 1.165) is 17.0 Å². The summed E-state index contributed by atoms with van der Waals surface area (Å²) in [6, 6.07) is 12.5. The summed E-state index contributed by atoms with van der Waals surface area (Å²) in [6.07, 6.45) is 0. The first kappa shape index (κ1) is 15.6. The van der Waals surface area contributed by atoms with Gasteiger partial charge in [-0.2, -0.15) is 0 Å². The lowest BCUT2D eigenvalue weighted by atomic mass is 10.2. The van der Waals surface area contributed by atoms with Gasteiger partial charge in [-0.3, -0.25) is 0 Å². The number of hydrogen-bond acceptors (Lipinski definition) is 2. The van der Waals surface area contributed by atoms with Gasteiger partial charge in [0.1, 0.15) is 11.6 Å². The highest BCUT2D eigenvalue weighted by atomic mass is 35.5. The Labute approximate surface area is 129 Å². The Bertz CT molecular complexity index is 601. The van der Waals surface area contributed by atoms with Crippen molar-refractivity contribution < 1.29 is 9.13 Å². The van der Waals surface area contributed by atoms with Gasteiger partial charge >= 0.3 is 0 Å². The summed E-state index contributed by atoms with van der Waals surface area (Å²) in [5.74, 6) is 0.865. The van der Waals surface area contributed by atoms with Gasteiger partial charge in [-0.1, -0.05) is 43.6 Å². The smallest absolute Gasteiger partial charge is 0.142 e. The molecule has 112 valence electrons. The Morgan fingerprint density at radius 2 is 1.95 bits per heavy atom. The fraction of sp³-hybridized carbons (Fsp3) is 0.294. The third kappa shape index (κ3) is 4.64. The van der Waals surface area contributed by atoms with Crippen LogP contribution in [-0.4, -0.2) is 6.61 Å². The molecule has 0 atom stereocenters. The molecule has 0 radical (unpaired) electrons. The number of hydrogen-bond donors (Lipinski definition) is 1. The number of halogens is 2. The molecule has 4 heteroatoms. The fourth-order valence-corrected chi connectivity index (χ4v) is 1.96. The van der Waals surface area contributed by atoms with Crippen LogP contribution >= 0.6 is 11.6 Å². The van der Waals surface area contributed by atoms with E-state index in [0.29, 0.717) is 19.1 Å². The first-order chi connectivity index (χ1) is 10.1. The van der Waals surface area contributed by atoms with Crippen molar-refractivity contribution in [2.24, 2.45) is 5.92 Å². The summed E-state index contributed by atoms with van der Waals surface area (Å²) >= 11 is 5.68. The minimum atomic E-state index is -0.402. The first-order valence-electron chi connectivity index (χ1n) is 6.96. The molecule has 0 amide bonds. The maximum absolute atomic E-state index is 13.4. The SMILES string of the molecule is CC(C)COc1ccccc1NCc1ccc(Cl)c(F)c1. The molecule has 0 fully saturated rings. The fourth-order valence-electron chi connectivity index (χ4n) is 1.84. The third-order valence-corrected chi connectivity index (χ3v) is 3.23. The van der Waals surface area contributed by atoms with Gasteiger partial charge in [-0.15, -0.1) is 0 Å². The molecule has 2 aromatic rings. The zero-order chi connectivity index (χ0) is 15.2. The van der Waals surface area contributed by atoms with Crippen molar-refractivity contribution in [2.75, 3.05) is 11.9 Å². The minimum Gasteiger partial charge on any atom is -0.491 e. The molecule has 0 aliphatic heterocycles. The van der Waals surface area contributed by atoms with Crippen LogP contribution in [0.2, 0.25) is 5.02 Å². The second-order valence-corrected chi connectivity index (χ2v) is 5.71. The van der Waals surface area contributed by atoms with Crippen LogP contribution in [0.15, 0.2) is 42.5 Å². The van der Waals surface area contributed by atoms with Crippen molar-refractivity contribution in [3.8, 4) is 5.75 Å². The third-order valence-electron chi connectivity index (χ3n) is 2.93. The first-order valence-corrected chi connectivity index (χ1v) is 7.33. The number of benzene rings is 2. The lowest BCUT2D eigenvalue weighted by Gasteiger charge is -2.14. The zero-order valence-electron chi connectivity index (χ0n) is 12.2. The van der Waals surface area contributed by atoms with E-state index in [1.165, 1.54) is 6.07 Å². The molecular weight excluding hydrogens is 289 g/mol. The topological polar surface area (TPSA) is 21.3 Å². The Morgan fingerprint density at radius 1 is 1.19 bits per heavy atom. The van der Waals surface area contributed by atoms with Gasteiger partial charge in [0.25, 0.3) is 0 Å². The predicted octanol–water partition coefficient (Wildman–Crippen LogP) is 5.13. The molecule has 0 saturated heterocycles. The number of para-hydroxylation sites is 2. The van der Waals surface area contributed by atoms with E-state index < -0.39 is 5.82 Å². The monoisotopic (exact) mass is 307 g/mol. The van der Waals surface area contributed by atoms with Crippen molar-refractivity contribution in [1.82, 2.24) is 0 Å². The quantitative estimate of drug-likeness (QED) is 0.799. The van der Waals surface area contributed by atoms with Crippen LogP contribution in [0.25, 0.3) is 0 Å². The number of anilines is 1. The highest BCUT2D eigenvalue weighted by Crippen LogP contribution is 2.25. The molecule has 0 heterocycles. The standard InChI is InChI=1S/C17H19ClFNO/c1-12(2)11-21-17-6-4-3-5-16(17)20-10-13-7-8-14(18)15(19)9-13/h3-9,12,20H,10-11H2,1-2H3. The molecule has 2 nitrogen and oxygen atoms in total. The highest BCUT2D eigenvalue weighted by Gasteiger charge is 2.05. The van der Waals surface area contributed by atoms with E-state index in [1.807, 2.05) is 24.3 Å². The summed E-state index contributed by atoms with van der Waals surface area (Å²) in [4.78, 5) is 0. The van der Waals surface area contributed by atoms with E-state index in [2.05, 4.69) is 19.2 Å². The van der Waals surface area contributed by atoms with Crippen LogP contribution in [0.3, 0.4) is 0 Å². The van der Waals surface area contributed by atoms with Crippen molar-refractivity contribution in [1.29, 1.82) is 0 Å². The van der Waals surface area contributed by atoms with Crippen LogP contribution in [0.1, 0.15) is 19.4 Å². The van der Waals surface area contributed by atoms with Gasteiger partial charge in [0.2, 0.25) is 0 Å². The van der Waals surface area contributed by atoms with Gasteiger partial charge in [-0.25, -0.2) is 4.39 Å². The van der Waals surface area contributed by atoms with E-state index in [-0.39, 0.29) is 5.02 Å². The molecule has 0 aliphatic carbocycles. The highest BCUT2D eigenvalue weighted by molar-refractivity contribution is 6.30. The maximum Gasteiger partial charge on any atom is 0.142 e. The van der Waals surface area contributed by atoms with E-state index in [1.54, 1.807) is 12.1 Å². The summed E-state index contributed by atoms with van der Waals surface area (Å²) < 4.78 is 19.2. The summed E-state index contributed by atoms with van der Waals surface area (Å²) in [7, 11) is 0. The normalized spacial score (nSPS) is 10.7. The lowest BCUT2D eigenvalue weighted by Crippen LogP contribution is -2.07. The van der Waals surface area contributed by atoms with Gasteiger partial charge in [0, 0.05) is 6.54 Å². The molecule has 0 saturated carbocycles. The average molecular weight is 308 g/mol. The van der Waals surface area contributed by atoms with Crippen LogP contribution in [0.5, 0.6) is 5.75 Å². The molecule has 2 rings (SSSR count).